The second kappa shape index (κ2) is 5.58. The van der Waals surface area contributed by atoms with Crippen LogP contribution in [0.1, 0.15) is 12.1 Å². The standard InChI is InChI=1S/C9H12N4O2/c10-8(13-15)5-9(14)12-6-7-3-1-2-4-11-7/h1-4,15H,5-6H2,(H2,10,13)(H,12,14). The summed E-state index contributed by atoms with van der Waals surface area (Å²) in [5.41, 5.74) is 5.92. The summed E-state index contributed by atoms with van der Waals surface area (Å²) in [6, 6.07) is 5.42. The topological polar surface area (TPSA) is 101 Å². The van der Waals surface area contributed by atoms with Gasteiger partial charge in [0.05, 0.1) is 18.7 Å². The minimum atomic E-state index is -0.309. The zero-order valence-electron chi connectivity index (χ0n) is 8.05. The molecule has 0 aliphatic heterocycles. The SMILES string of the molecule is N/C(CC(=O)NCc1ccccn1)=N\O. The van der Waals surface area contributed by atoms with E-state index in [1.807, 2.05) is 6.07 Å². The molecule has 1 heterocycles. The molecule has 0 fully saturated rings. The van der Waals surface area contributed by atoms with Crippen LogP contribution in [0.25, 0.3) is 0 Å². The number of pyridine rings is 1. The van der Waals surface area contributed by atoms with Gasteiger partial charge in [-0.2, -0.15) is 0 Å². The number of carbonyl (C=O) groups excluding carboxylic acids is 1. The number of carbonyl (C=O) groups is 1. The molecule has 0 aliphatic carbocycles. The Labute approximate surface area is 86.8 Å². The maximum atomic E-state index is 11.2. The number of aromatic nitrogens is 1. The molecule has 80 valence electrons. The minimum Gasteiger partial charge on any atom is -0.409 e. The average Bonchev–Trinajstić information content (AvgIpc) is 2.27. The first kappa shape index (κ1) is 11.0. The van der Waals surface area contributed by atoms with Crippen molar-refractivity contribution in [1.29, 1.82) is 0 Å². The van der Waals surface area contributed by atoms with Gasteiger partial charge in [-0.25, -0.2) is 0 Å². The Morgan fingerprint density at radius 2 is 2.40 bits per heavy atom. The molecule has 1 aromatic heterocycles. The molecule has 15 heavy (non-hydrogen) atoms. The van der Waals surface area contributed by atoms with E-state index in [2.05, 4.69) is 15.5 Å². The van der Waals surface area contributed by atoms with Crippen molar-refractivity contribution in [3.63, 3.8) is 0 Å². The Kier molecular flexibility index (Phi) is 4.08. The molecule has 0 spiro atoms. The van der Waals surface area contributed by atoms with Crippen LogP contribution in [0.3, 0.4) is 0 Å². The summed E-state index contributed by atoms with van der Waals surface area (Å²) in [5, 5.41) is 13.5. The molecule has 0 unspecified atom stereocenters. The number of amides is 1. The van der Waals surface area contributed by atoms with Crippen LogP contribution < -0.4 is 11.1 Å². The van der Waals surface area contributed by atoms with Crippen molar-refractivity contribution in [3.8, 4) is 0 Å². The van der Waals surface area contributed by atoms with Gasteiger partial charge in [-0.05, 0) is 12.1 Å². The Morgan fingerprint density at radius 1 is 1.60 bits per heavy atom. The predicted octanol–water partition coefficient (Wildman–Crippen LogP) is -0.166. The summed E-state index contributed by atoms with van der Waals surface area (Å²) < 4.78 is 0. The zero-order chi connectivity index (χ0) is 11.1. The van der Waals surface area contributed by atoms with Crippen LogP contribution in [0.15, 0.2) is 29.6 Å². The highest BCUT2D eigenvalue weighted by atomic mass is 16.4. The molecular formula is C9H12N4O2. The smallest absolute Gasteiger partial charge is 0.228 e. The van der Waals surface area contributed by atoms with Crippen LogP contribution >= 0.6 is 0 Å². The normalized spacial score (nSPS) is 11.1. The van der Waals surface area contributed by atoms with E-state index in [-0.39, 0.29) is 18.2 Å². The molecular weight excluding hydrogens is 196 g/mol. The maximum absolute atomic E-state index is 11.2. The number of oxime groups is 1. The Bertz CT molecular complexity index is 350. The van der Waals surface area contributed by atoms with Gasteiger partial charge in [0, 0.05) is 6.20 Å². The monoisotopic (exact) mass is 208 g/mol. The lowest BCUT2D eigenvalue weighted by Crippen LogP contribution is -2.28. The van der Waals surface area contributed by atoms with Gasteiger partial charge in [-0.1, -0.05) is 11.2 Å². The Hall–Kier alpha value is -2.11. The van der Waals surface area contributed by atoms with Gasteiger partial charge in [-0.15, -0.1) is 0 Å². The number of nitrogens with two attached hydrogens (primary N) is 1. The molecule has 1 rings (SSSR count). The van der Waals surface area contributed by atoms with E-state index in [0.717, 1.165) is 5.69 Å². The van der Waals surface area contributed by atoms with E-state index in [1.165, 1.54) is 0 Å². The molecule has 6 nitrogen and oxygen atoms in total. The fourth-order valence-corrected chi connectivity index (χ4v) is 0.954. The lowest BCUT2D eigenvalue weighted by Gasteiger charge is -2.03. The summed E-state index contributed by atoms with van der Waals surface area (Å²) in [7, 11) is 0. The third kappa shape index (κ3) is 4.08. The molecule has 1 aromatic rings. The quantitative estimate of drug-likeness (QED) is 0.277. The van der Waals surface area contributed by atoms with Crippen LogP contribution in [0.5, 0.6) is 0 Å². The van der Waals surface area contributed by atoms with Crippen molar-refractivity contribution in [1.82, 2.24) is 10.3 Å². The van der Waals surface area contributed by atoms with Crippen molar-refractivity contribution in [2.75, 3.05) is 0 Å². The third-order valence-electron chi connectivity index (χ3n) is 1.66. The summed E-state index contributed by atoms with van der Waals surface area (Å²) in [5.74, 6) is -0.426. The first-order valence-electron chi connectivity index (χ1n) is 4.35. The molecule has 6 heteroatoms. The lowest BCUT2D eigenvalue weighted by molar-refractivity contribution is -0.120. The van der Waals surface area contributed by atoms with Crippen LogP contribution in [-0.4, -0.2) is 21.9 Å². The van der Waals surface area contributed by atoms with E-state index < -0.39 is 0 Å². The molecule has 0 aromatic carbocycles. The Balaban J connectivity index is 2.35. The van der Waals surface area contributed by atoms with E-state index >= 15 is 0 Å². The summed E-state index contributed by atoms with van der Waals surface area (Å²) in [4.78, 5) is 15.2. The second-order valence-corrected chi connectivity index (χ2v) is 2.87. The highest BCUT2D eigenvalue weighted by molar-refractivity contribution is 5.98. The van der Waals surface area contributed by atoms with Crippen molar-refractivity contribution >= 4 is 11.7 Å². The van der Waals surface area contributed by atoms with Gasteiger partial charge >= 0.3 is 0 Å². The van der Waals surface area contributed by atoms with Crippen LogP contribution in [0, 0.1) is 0 Å². The van der Waals surface area contributed by atoms with Gasteiger partial charge in [0.25, 0.3) is 0 Å². The largest absolute Gasteiger partial charge is 0.409 e. The number of nitrogens with one attached hydrogen (secondary N) is 1. The molecule has 0 atom stereocenters. The number of hydrogen-bond donors (Lipinski definition) is 3. The van der Waals surface area contributed by atoms with Gasteiger partial charge in [0.1, 0.15) is 5.84 Å². The third-order valence-corrected chi connectivity index (χ3v) is 1.66. The van der Waals surface area contributed by atoms with Crippen LogP contribution in [0.4, 0.5) is 0 Å². The molecule has 0 aliphatic rings. The average molecular weight is 208 g/mol. The van der Waals surface area contributed by atoms with Crippen LogP contribution in [0.2, 0.25) is 0 Å². The van der Waals surface area contributed by atoms with Crippen LogP contribution in [-0.2, 0) is 11.3 Å². The summed E-state index contributed by atoms with van der Waals surface area (Å²) in [6.07, 6.45) is 1.52. The fourth-order valence-electron chi connectivity index (χ4n) is 0.954. The zero-order valence-corrected chi connectivity index (χ0v) is 8.05. The Morgan fingerprint density at radius 3 is 3.00 bits per heavy atom. The van der Waals surface area contributed by atoms with E-state index in [0.29, 0.717) is 6.54 Å². The number of amidine groups is 1. The number of nitrogens with zero attached hydrogens (tertiary/aromatic N) is 2. The minimum absolute atomic E-state index is 0.117. The fraction of sp³-hybridized carbons (Fsp3) is 0.222. The van der Waals surface area contributed by atoms with Crippen molar-refractivity contribution in [2.45, 2.75) is 13.0 Å². The second-order valence-electron chi connectivity index (χ2n) is 2.87. The molecule has 0 saturated carbocycles. The van der Waals surface area contributed by atoms with Crippen molar-refractivity contribution < 1.29 is 10.0 Å². The molecule has 0 bridgehead atoms. The first-order valence-corrected chi connectivity index (χ1v) is 4.35. The number of hydrogen-bond acceptors (Lipinski definition) is 4. The maximum Gasteiger partial charge on any atom is 0.228 e. The summed E-state index contributed by atoms with van der Waals surface area (Å²) in [6.45, 7) is 0.332. The highest BCUT2D eigenvalue weighted by Crippen LogP contribution is 1.92. The first-order chi connectivity index (χ1) is 7.22. The van der Waals surface area contributed by atoms with E-state index in [4.69, 9.17) is 10.9 Å². The van der Waals surface area contributed by atoms with Gasteiger partial charge < -0.3 is 16.3 Å². The molecule has 0 radical (unpaired) electrons. The van der Waals surface area contributed by atoms with E-state index in [1.54, 1.807) is 18.3 Å². The van der Waals surface area contributed by atoms with Gasteiger partial charge in [0.15, 0.2) is 0 Å². The highest BCUT2D eigenvalue weighted by Gasteiger charge is 2.04. The van der Waals surface area contributed by atoms with Crippen molar-refractivity contribution in [2.24, 2.45) is 10.9 Å². The van der Waals surface area contributed by atoms with Crippen molar-refractivity contribution in [3.05, 3.63) is 30.1 Å². The molecule has 1 amide bonds. The summed E-state index contributed by atoms with van der Waals surface area (Å²) >= 11 is 0. The van der Waals surface area contributed by atoms with Gasteiger partial charge in [0.2, 0.25) is 5.91 Å². The van der Waals surface area contributed by atoms with Gasteiger partial charge in [-0.3, -0.25) is 9.78 Å². The molecule has 0 saturated heterocycles. The lowest BCUT2D eigenvalue weighted by atomic mass is 10.3. The predicted molar refractivity (Wildman–Crippen MR) is 54.1 cm³/mol. The number of rotatable bonds is 4. The molecule has 4 N–H and O–H groups in total. The van der Waals surface area contributed by atoms with E-state index in [9.17, 15) is 4.79 Å².